The van der Waals surface area contributed by atoms with E-state index in [4.69, 9.17) is 4.74 Å². The Bertz CT molecular complexity index is 597. The maximum atomic E-state index is 5.88. The largest absolute Gasteiger partial charge is 0.480 e. The monoisotopic (exact) mass is 357 g/mol. The second kappa shape index (κ2) is 7.41. The Morgan fingerprint density at radius 1 is 1.00 bits per heavy atom. The molecule has 0 unspecified atom stereocenters. The van der Waals surface area contributed by atoms with Crippen molar-refractivity contribution in [3.63, 3.8) is 0 Å². The van der Waals surface area contributed by atoms with E-state index in [-0.39, 0.29) is 22.4 Å². The van der Waals surface area contributed by atoms with Crippen molar-refractivity contribution in [2.75, 3.05) is 13.2 Å². The summed E-state index contributed by atoms with van der Waals surface area (Å²) in [5.41, 5.74) is 2.19. The molecule has 0 aromatic heterocycles. The van der Waals surface area contributed by atoms with Crippen LogP contribution in [0.4, 0.5) is 0 Å². The van der Waals surface area contributed by atoms with Gasteiger partial charge in [0.2, 0.25) is 0 Å². The van der Waals surface area contributed by atoms with Crippen molar-refractivity contribution in [1.82, 2.24) is 0 Å². The minimum atomic E-state index is -0.272. The van der Waals surface area contributed by atoms with Gasteiger partial charge in [0.1, 0.15) is 0 Å². The highest BCUT2D eigenvalue weighted by molar-refractivity contribution is 8.93. The predicted molar refractivity (Wildman–Crippen MR) is 97.1 cm³/mol. The highest BCUT2D eigenvalue weighted by Crippen LogP contribution is 2.41. The van der Waals surface area contributed by atoms with Crippen LogP contribution in [0.1, 0.15) is 17.5 Å². The maximum Gasteiger partial charge on any atom is 0.199 e. The first-order valence-corrected chi connectivity index (χ1v) is 7.27. The van der Waals surface area contributed by atoms with E-state index in [2.05, 4.69) is 60.1 Å². The molecule has 0 aliphatic carbocycles. The molecule has 0 amide bonds. The van der Waals surface area contributed by atoms with Crippen molar-refractivity contribution in [3.05, 3.63) is 84.4 Å². The van der Waals surface area contributed by atoms with Crippen LogP contribution in [-0.2, 0) is 10.2 Å². The molecule has 1 aliphatic heterocycles. The van der Waals surface area contributed by atoms with E-state index >= 15 is 0 Å². The molecule has 1 aliphatic rings. The zero-order chi connectivity index (χ0) is 14.5. The van der Waals surface area contributed by atoms with Crippen LogP contribution in [0, 0.1) is 0 Å². The van der Waals surface area contributed by atoms with Gasteiger partial charge in [-0.15, -0.1) is 23.6 Å². The first kappa shape index (κ1) is 16.5. The van der Waals surface area contributed by atoms with E-state index in [9.17, 15) is 0 Å². The van der Waals surface area contributed by atoms with Gasteiger partial charge in [-0.2, -0.15) is 0 Å². The summed E-state index contributed by atoms with van der Waals surface area (Å²) in [6.07, 6.45) is 2.71. The molecule has 0 spiro atoms. The van der Waals surface area contributed by atoms with E-state index in [0.29, 0.717) is 13.2 Å². The van der Waals surface area contributed by atoms with Gasteiger partial charge >= 0.3 is 0 Å². The molecule has 0 atom stereocenters. The first-order valence-electron chi connectivity index (χ1n) is 7.27. The topological polar surface area (TPSA) is 21.6 Å². The quantitative estimate of drug-likeness (QED) is 0.735. The number of hydrogen-bond donors (Lipinski definition) is 0. The van der Waals surface area contributed by atoms with Crippen molar-refractivity contribution < 1.29 is 4.74 Å². The SMILES string of the molecule is Br.C=CCN=C1OCCC1(c1ccccc1)c1ccccc1. The molecule has 22 heavy (non-hydrogen) atoms. The Kier molecular flexibility index (Phi) is 5.56. The lowest BCUT2D eigenvalue weighted by molar-refractivity contribution is 0.342. The van der Waals surface area contributed by atoms with Crippen molar-refractivity contribution in [2.45, 2.75) is 11.8 Å². The number of benzene rings is 2. The summed E-state index contributed by atoms with van der Waals surface area (Å²) in [6.45, 7) is 5.03. The molecule has 1 heterocycles. The summed E-state index contributed by atoms with van der Waals surface area (Å²) >= 11 is 0. The molecule has 3 rings (SSSR count). The van der Waals surface area contributed by atoms with Gasteiger partial charge in [0.05, 0.1) is 18.6 Å². The third kappa shape index (κ3) is 2.86. The molecule has 2 aromatic rings. The third-order valence-electron chi connectivity index (χ3n) is 3.98. The molecule has 3 heteroatoms. The lowest BCUT2D eigenvalue weighted by atomic mass is 9.73. The maximum absolute atomic E-state index is 5.88. The van der Waals surface area contributed by atoms with Gasteiger partial charge in [-0.05, 0) is 11.1 Å². The molecule has 0 bridgehead atoms. The van der Waals surface area contributed by atoms with Crippen molar-refractivity contribution in [3.8, 4) is 0 Å². The molecule has 1 saturated heterocycles. The Balaban J connectivity index is 0.00000176. The van der Waals surface area contributed by atoms with Gasteiger partial charge in [-0.1, -0.05) is 66.7 Å². The molecule has 2 aromatic carbocycles. The predicted octanol–water partition coefficient (Wildman–Crippen LogP) is 4.56. The van der Waals surface area contributed by atoms with E-state index in [1.54, 1.807) is 6.08 Å². The van der Waals surface area contributed by atoms with E-state index < -0.39 is 0 Å². The van der Waals surface area contributed by atoms with Gasteiger partial charge in [0.15, 0.2) is 5.90 Å². The number of nitrogens with zero attached hydrogens (tertiary/aromatic N) is 1. The Morgan fingerprint density at radius 3 is 2.05 bits per heavy atom. The van der Waals surface area contributed by atoms with Crippen LogP contribution < -0.4 is 0 Å². The number of hydrogen-bond acceptors (Lipinski definition) is 2. The molecular formula is C19H20BrNO. The summed E-state index contributed by atoms with van der Waals surface area (Å²) in [7, 11) is 0. The van der Waals surface area contributed by atoms with Crippen LogP contribution in [0.5, 0.6) is 0 Å². The second-order valence-corrected chi connectivity index (χ2v) is 5.17. The zero-order valence-electron chi connectivity index (χ0n) is 12.4. The van der Waals surface area contributed by atoms with E-state index in [0.717, 1.165) is 12.3 Å². The van der Waals surface area contributed by atoms with Crippen molar-refractivity contribution in [2.24, 2.45) is 4.99 Å². The molecule has 1 fully saturated rings. The van der Waals surface area contributed by atoms with Crippen LogP contribution in [0.2, 0.25) is 0 Å². The number of halogens is 1. The summed E-state index contributed by atoms with van der Waals surface area (Å²) in [4.78, 5) is 4.62. The average Bonchev–Trinajstić information content (AvgIpc) is 2.99. The van der Waals surface area contributed by atoms with Gasteiger partial charge in [0.25, 0.3) is 0 Å². The third-order valence-corrected chi connectivity index (χ3v) is 3.98. The fourth-order valence-corrected chi connectivity index (χ4v) is 3.01. The molecule has 0 N–H and O–H groups in total. The number of ether oxygens (including phenoxy) is 1. The standard InChI is InChI=1S/C19H19NO.BrH/c1-2-14-20-18-19(13-15-21-18,16-9-5-3-6-10-16)17-11-7-4-8-12-17;/h2-12H,1,13-15H2;1H. The Morgan fingerprint density at radius 2 is 1.55 bits per heavy atom. The fourth-order valence-electron chi connectivity index (χ4n) is 3.01. The molecule has 2 nitrogen and oxygen atoms in total. The summed E-state index contributed by atoms with van der Waals surface area (Å²) in [5, 5.41) is 0. The minimum Gasteiger partial charge on any atom is -0.480 e. The van der Waals surface area contributed by atoms with Crippen LogP contribution in [0.25, 0.3) is 0 Å². The number of rotatable bonds is 4. The second-order valence-electron chi connectivity index (χ2n) is 5.17. The van der Waals surface area contributed by atoms with Crippen LogP contribution >= 0.6 is 17.0 Å². The molecular weight excluding hydrogens is 338 g/mol. The lowest BCUT2D eigenvalue weighted by Gasteiger charge is -2.28. The van der Waals surface area contributed by atoms with Crippen LogP contribution in [0.3, 0.4) is 0 Å². The van der Waals surface area contributed by atoms with Crippen LogP contribution in [-0.4, -0.2) is 19.0 Å². The molecule has 0 saturated carbocycles. The highest BCUT2D eigenvalue weighted by atomic mass is 79.9. The summed E-state index contributed by atoms with van der Waals surface area (Å²) in [6, 6.07) is 21.0. The average molecular weight is 358 g/mol. The number of aliphatic imine (C=N–C) groups is 1. The summed E-state index contributed by atoms with van der Waals surface area (Å²) in [5.74, 6) is 0.805. The lowest BCUT2D eigenvalue weighted by Crippen LogP contribution is -2.33. The smallest absolute Gasteiger partial charge is 0.199 e. The van der Waals surface area contributed by atoms with E-state index in [1.807, 2.05) is 12.1 Å². The molecule has 114 valence electrons. The minimum absolute atomic E-state index is 0. The van der Waals surface area contributed by atoms with Crippen molar-refractivity contribution >= 4 is 22.9 Å². The van der Waals surface area contributed by atoms with Crippen molar-refractivity contribution in [1.29, 1.82) is 0 Å². The fraction of sp³-hybridized carbons (Fsp3) is 0.211. The normalized spacial score (nSPS) is 17.5. The highest BCUT2D eigenvalue weighted by Gasteiger charge is 2.45. The van der Waals surface area contributed by atoms with E-state index in [1.165, 1.54) is 11.1 Å². The first-order chi connectivity index (χ1) is 10.4. The van der Waals surface area contributed by atoms with Crippen LogP contribution in [0.15, 0.2) is 78.3 Å². The molecule has 0 radical (unpaired) electrons. The Labute approximate surface area is 142 Å². The summed E-state index contributed by atoms with van der Waals surface area (Å²) < 4.78 is 5.88. The Hall–Kier alpha value is -1.87. The zero-order valence-corrected chi connectivity index (χ0v) is 14.2. The van der Waals surface area contributed by atoms with Gasteiger partial charge < -0.3 is 4.74 Å². The van der Waals surface area contributed by atoms with Gasteiger partial charge in [0, 0.05) is 6.42 Å². The van der Waals surface area contributed by atoms with Gasteiger partial charge in [-0.3, -0.25) is 4.99 Å². The van der Waals surface area contributed by atoms with Gasteiger partial charge in [-0.25, -0.2) is 0 Å².